The monoisotopic (exact) mass is 399 g/mol. The minimum Gasteiger partial charge on any atom is -0.456 e. The first kappa shape index (κ1) is 18.2. The zero-order chi connectivity index (χ0) is 17.6. The number of allylic oxidation sites excluding steroid dienone is 1. The third kappa shape index (κ3) is 5.20. The fraction of sp³-hybridized carbons (Fsp3) is 0.364. The summed E-state index contributed by atoms with van der Waals surface area (Å²) in [6.07, 6.45) is 5.00. The van der Waals surface area contributed by atoms with Crippen molar-refractivity contribution in [3.05, 3.63) is 64.6 Å². The van der Waals surface area contributed by atoms with E-state index in [0.29, 0.717) is 0 Å². The van der Waals surface area contributed by atoms with E-state index >= 15 is 0 Å². The van der Waals surface area contributed by atoms with Gasteiger partial charge in [0.15, 0.2) is 0 Å². The lowest BCUT2D eigenvalue weighted by atomic mass is 9.99. The summed E-state index contributed by atoms with van der Waals surface area (Å²) < 4.78 is 6.90. The molecule has 0 atom stereocenters. The molecule has 3 heteroatoms. The van der Waals surface area contributed by atoms with Crippen LogP contribution in [0, 0.1) is 5.92 Å². The van der Waals surface area contributed by atoms with E-state index < -0.39 is 0 Å². The second-order valence-electron chi connectivity index (χ2n) is 6.93. The molecule has 2 aromatic carbocycles. The average molecular weight is 400 g/mol. The molecule has 0 saturated carbocycles. The van der Waals surface area contributed by atoms with Gasteiger partial charge in [-0.15, -0.1) is 0 Å². The molecule has 25 heavy (non-hydrogen) atoms. The molecule has 3 rings (SSSR count). The molecule has 0 amide bonds. The zero-order valence-electron chi connectivity index (χ0n) is 15.0. The molecule has 0 N–H and O–H groups in total. The minimum atomic E-state index is 0.835. The van der Waals surface area contributed by atoms with Crippen LogP contribution in [0.5, 0.6) is 11.5 Å². The Morgan fingerprint density at radius 1 is 1.12 bits per heavy atom. The standard InChI is InChI=1S/C22H26BrNO/c1-17-11-14-24(15-12-17)16-13-18(2)19-7-9-20(10-8-19)25-22-6-4-3-5-21(22)23/h3-10,13,17H,11-12,14-16H2,1-2H3. The lowest BCUT2D eigenvalue weighted by molar-refractivity contribution is 0.210. The third-order valence-electron chi connectivity index (χ3n) is 4.91. The number of hydrogen-bond acceptors (Lipinski definition) is 2. The lowest BCUT2D eigenvalue weighted by Crippen LogP contribution is -2.32. The van der Waals surface area contributed by atoms with Gasteiger partial charge in [-0.2, -0.15) is 0 Å². The van der Waals surface area contributed by atoms with E-state index in [1.807, 2.05) is 36.4 Å². The van der Waals surface area contributed by atoms with Crippen molar-refractivity contribution in [3.63, 3.8) is 0 Å². The van der Waals surface area contributed by atoms with Gasteiger partial charge in [0.2, 0.25) is 0 Å². The second kappa shape index (κ2) is 8.68. The van der Waals surface area contributed by atoms with Crippen LogP contribution in [0.1, 0.15) is 32.3 Å². The average Bonchev–Trinajstić information content (AvgIpc) is 2.63. The van der Waals surface area contributed by atoms with E-state index in [4.69, 9.17) is 4.74 Å². The van der Waals surface area contributed by atoms with Crippen LogP contribution in [0.25, 0.3) is 5.57 Å². The number of nitrogens with zero attached hydrogens (tertiary/aromatic N) is 1. The third-order valence-corrected chi connectivity index (χ3v) is 5.56. The number of hydrogen-bond donors (Lipinski definition) is 0. The van der Waals surface area contributed by atoms with Crippen molar-refractivity contribution in [3.8, 4) is 11.5 Å². The Morgan fingerprint density at radius 3 is 2.48 bits per heavy atom. The summed E-state index contributed by atoms with van der Waals surface area (Å²) in [5.41, 5.74) is 2.58. The van der Waals surface area contributed by atoms with Gasteiger partial charge in [0.05, 0.1) is 4.47 Å². The van der Waals surface area contributed by atoms with Gasteiger partial charge in [-0.1, -0.05) is 37.3 Å². The number of halogens is 1. The highest BCUT2D eigenvalue weighted by Crippen LogP contribution is 2.30. The van der Waals surface area contributed by atoms with Crippen LogP contribution >= 0.6 is 15.9 Å². The van der Waals surface area contributed by atoms with Crippen molar-refractivity contribution in [2.24, 2.45) is 5.92 Å². The highest BCUT2D eigenvalue weighted by Gasteiger charge is 2.14. The van der Waals surface area contributed by atoms with Crippen LogP contribution in [0.15, 0.2) is 59.1 Å². The highest BCUT2D eigenvalue weighted by atomic mass is 79.9. The van der Waals surface area contributed by atoms with E-state index in [9.17, 15) is 0 Å². The molecule has 0 unspecified atom stereocenters. The maximum atomic E-state index is 5.93. The molecule has 0 aromatic heterocycles. The predicted octanol–water partition coefficient (Wildman–Crippen LogP) is 6.38. The van der Waals surface area contributed by atoms with Gasteiger partial charge in [-0.25, -0.2) is 0 Å². The van der Waals surface area contributed by atoms with Gasteiger partial charge in [0.1, 0.15) is 11.5 Å². The zero-order valence-corrected chi connectivity index (χ0v) is 16.6. The normalized spacial score (nSPS) is 16.8. The van der Waals surface area contributed by atoms with Crippen molar-refractivity contribution >= 4 is 21.5 Å². The largest absolute Gasteiger partial charge is 0.456 e. The van der Waals surface area contributed by atoms with E-state index in [1.165, 1.54) is 37.1 Å². The van der Waals surface area contributed by atoms with Crippen molar-refractivity contribution in [2.45, 2.75) is 26.7 Å². The quantitative estimate of drug-likeness (QED) is 0.578. The summed E-state index contributed by atoms with van der Waals surface area (Å²) >= 11 is 3.51. The summed E-state index contributed by atoms with van der Waals surface area (Å²) in [4.78, 5) is 2.55. The number of ether oxygens (including phenoxy) is 1. The highest BCUT2D eigenvalue weighted by molar-refractivity contribution is 9.10. The Labute approximate surface area is 159 Å². The van der Waals surface area contributed by atoms with Crippen molar-refractivity contribution < 1.29 is 4.74 Å². The fourth-order valence-corrected chi connectivity index (χ4v) is 3.43. The van der Waals surface area contributed by atoms with E-state index in [2.05, 4.69) is 52.9 Å². The first-order chi connectivity index (χ1) is 12.1. The molecule has 0 aliphatic carbocycles. The summed E-state index contributed by atoms with van der Waals surface area (Å²) in [6, 6.07) is 16.2. The van der Waals surface area contributed by atoms with E-state index in [0.717, 1.165) is 28.4 Å². The SMILES string of the molecule is CC(=CCN1CCC(C)CC1)c1ccc(Oc2ccccc2Br)cc1. The Kier molecular flexibility index (Phi) is 6.33. The number of para-hydroxylation sites is 1. The maximum absolute atomic E-state index is 5.93. The van der Waals surface area contributed by atoms with Crippen LogP contribution in [-0.4, -0.2) is 24.5 Å². The van der Waals surface area contributed by atoms with Crippen LogP contribution < -0.4 is 4.74 Å². The van der Waals surface area contributed by atoms with Gasteiger partial charge >= 0.3 is 0 Å². The second-order valence-corrected chi connectivity index (χ2v) is 7.78. The molecule has 2 aromatic rings. The molecule has 2 nitrogen and oxygen atoms in total. The smallest absolute Gasteiger partial charge is 0.141 e. The van der Waals surface area contributed by atoms with Crippen LogP contribution in [-0.2, 0) is 0 Å². The molecular weight excluding hydrogens is 374 g/mol. The Hall–Kier alpha value is -1.58. The first-order valence-corrected chi connectivity index (χ1v) is 9.83. The summed E-state index contributed by atoms with van der Waals surface area (Å²) in [7, 11) is 0. The van der Waals surface area contributed by atoms with E-state index in [1.54, 1.807) is 0 Å². The van der Waals surface area contributed by atoms with Crippen LogP contribution in [0.4, 0.5) is 0 Å². The Morgan fingerprint density at radius 2 is 1.80 bits per heavy atom. The predicted molar refractivity (Wildman–Crippen MR) is 109 cm³/mol. The molecular formula is C22H26BrNO. The van der Waals surface area contributed by atoms with Gasteiger partial charge in [0, 0.05) is 6.54 Å². The molecule has 132 valence electrons. The molecule has 1 heterocycles. The molecule has 0 spiro atoms. The Bertz CT molecular complexity index is 715. The summed E-state index contributed by atoms with van der Waals surface area (Å²) in [6.45, 7) is 8.05. The molecule has 1 aliphatic rings. The molecule has 1 fully saturated rings. The first-order valence-electron chi connectivity index (χ1n) is 9.04. The number of benzene rings is 2. The minimum absolute atomic E-state index is 0.835. The fourth-order valence-electron chi connectivity index (χ4n) is 3.07. The molecule has 1 aliphatic heterocycles. The molecule has 1 saturated heterocycles. The van der Waals surface area contributed by atoms with E-state index in [-0.39, 0.29) is 0 Å². The van der Waals surface area contributed by atoms with Gasteiger partial charge < -0.3 is 4.74 Å². The summed E-state index contributed by atoms with van der Waals surface area (Å²) in [5.74, 6) is 2.58. The van der Waals surface area contributed by atoms with Crippen LogP contribution in [0.2, 0.25) is 0 Å². The van der Waals surface area contributed by atoms with Crippen LogP contribution in [0.3, 0.4) is 0 Å². The van der Waals surface area contributed by atoms with Gasteiger partial charge in [-0.3, -0.25) is 4.90 Å². The summed E-state index contributed by atoms with van der Waals surface area (Å²) in [5, 5.41) is 0. The van der Waals surface area contributed by atoms with Gasteiger partial charge in [0.25, 0.3) is 0 Å². The molecule has 0 radical (unpaired) electrons. The van der Waals surface area contributed by atoms with Crippen molar-refractivity contribution in [1.29, 1.82) is 0 Å². The Balaban J connectivity index is 1.59. The topological polar surface area (TPSA) is 12.5 Å². The number of likely N-dealkylation sites (tertiary alicyclic amines) is 1. The lowest BCUT2D eigenvalue weighted by Gasteiger charge is -2.29. The number of rotatable bonds is 5. The van der Waals surface area contributed by atoms with Crippen molar-refractivity contribution in [2.75, 3.05) is 19.6 Å². The molecule has 0 bridgehead atoms. The maximum Gasteiger partial charge on any atom is 0.141 e. The van der Waals surface area contributed by atoms with Gasteiger partial charge in [-0.05, 0) is 90.1 Å². The van der Waals surface area contributed by atoms with Crippen molar-refractivity contribution in [1.82, 2.24) is 4.90 Å². The number of piperidine rings is 1.